The maximum absolute atomic E-state index is 11.9. The molecule has 7 heteroatoms. The summed E-state index contributed by atoms with van der Waals surface area (Å²) >= 11 is 1.20. The van der Waals surface area contributed by atoms with Crippen molar-refractivity contribution in [3.63, 3.8) is 0 Å². The van der Waals surface area contributed by atoms with Crippen LogP contribution in [-0.4, -0.2) is 21.8 Å². The highest BCUT2D eigenvalue weighted by molar-refractivity contribution is 7.17. The van der Waals surface area contributed by atoms with Gasteiger partial charge in [0.2, 0.25) is 5.91 Å². The molecule has 0 fully saturated rings. The van der Waals surface area contributed by atoms with Crippen LogP contribution in [0.1, 0.15) is 45.7 Å². The Morgan fingerprint density at radius 2 is 1.95 bits per heavy atom. The van der Waals surface area contributed by atoms with E-state index in [1.807, 2.05) is 13.8 Å². The normalized spacial score (nSPS) is 10.7. The van der Waals surface area contributed by atoms with Crippen molar-refractivity contribution < 1.29 is 14.1 Å². The van der Waals surface area contributed by atoms with Crippen LogP contribution in [0.5, 0.6) is 0 Å². The van der Waals surface area contributed by atoms with Crippen molar-refractivity contribution in [1.82, 2.24) is 10.1 Å². The molecule has 21 heavy (non-hydrogen) atoms. The zero-order valence-electron chi connectivity index (χ0n) is 12.4. The molecule has 6 nitrogen and oxygen atoms in total. The van der Waals surface area contributed by atoms with Gasteiger partial charge in [0.15, 0.2) is 10.9 Å². The van der Waals surface area contributed by atoms with Gasteiger partial charge in [-0.25, -0.2) is 4.98 Å². The third-order valence-corrected chi connectivity index (χ3v) is 4.32. The fourth-order valence-corrected chi connectivity index (χ4v) is 2.93. The predicted molar refractivity (Wildman–Crippen MR) is 79.8 cm³/mol. The molecule has 0 aliphatic carbocycles. The zero-order valence-corrected chi connectivity index (χ0v) is 13.3. The SMILES string of the molecule is CC(=O)c1sc(NC(=O)CCc2c(C)noc2C)nc1C. The number of Topliss-reactive ketones (excluding diaryl/α,β-unsaturated/α-hetero) is 1. The van der Waals surface area contributed by atoms with Gasteiger partial charge in [0.25, 0.3) is 0 Å². The van der Waals surface area contributed by atoms with Crippen LogP contribution in [0.15, 0.2) is 4.52 Å². The van der Waals surface area contributed by atoms with Crippen molar-refractivity contribution in [2.75, 3.05) is 5.32 Å². The number of hydrogen-bond donors (Lipinski definition) is 1. The molecule has 1 amide bonds. The Morgan fingerprint density at radius 1 is 1.24 bits per heavy atom. The molecule has 2 aromatic rings. The van der Waals surface area contributed by atoms with E-state index in [0.29, 0.717) is 28.5 Å². The fraction of sp³-hybridized carbons (Fsp3) is 0.429. The van der Waals surface area contributed by atoms with E-state index >= 15 is 0 Å². The Morgan fingerprint density at radius 3 is 2.48 bits per heavy atom. The minimum Gasteiger partial charge on any atom is -0.361 e. The highest BCUT2D eigenvalue weighted by atomic mass is 32.1. The molecule has 0 unspecified atom stereocenters. The van der Waals surface area contributed by atoms with Crippen molar-refractivity contribution in [3.8, 4) is 0 Å². The lowest BCUT2D eigenvalue weighted by Gasteiger charge is -2.01. The fourth-order valence-electron chi connectivity index (χ4n) is 2.06. The molecule has 2 rings (SSSR count). The maximum Gasteiger partial charge on any atom is 0.226 e. The summed E-state index contributed by atoms with van der Waals surface area (Å²) in [6, 6.07) is 0. The molecule has 2 heterocycles. The van der Waals surface area contributed by atoms with E-state index in [4.69, 9.17) is 4.52 Å². The Labute approximate surface area is 126 Å². The predicted octanol–water partition coefficient (Wildman–Crippen LogP) is 2.83. The summed E-state index contributed by atoms with van der Waals surface area (Å²) in [7, 11) is 0. The largest absolute Gasteiger partial charge is 0.361 e. The van der Waals surface area contributed by atoms with E-state index in [0.717, 1.165) is 17.0 Å². The summed E-state index contributed by atoms with van der Waals surface area (Å²) < 4.78 is 5.06. The van der Waals surface area contributed by atoms with Crippen molar-refractivity contribution in [2.24, 2.45) is 0 Å². The average Bonchev–Trinajstić information content (AvgIpc) is 2.91. The van der Waals surface area contributed by atoms with E-state index in [9.17, 15) is 9.59 Å². The van der Waals surface area contributed by atoms with Gasteiger partial charge >= 0.3 is 0 Å². The number of carbonyl (C=O) groups excluding carboxylic acids is 2. The van der Waals surface area contributed by atoms with Gasteiger partial charge < -0.3 is 9.84 Å². The number of anilines is 1. The molecule has 0 saturated heterocycles. The molecule has 112 valence electrons. The lowest BCUT2D eigenvalue weighted by molar-refractivity contribution is -0.116. The number of ketones is 1. The van der Waals surface area contributed by atoms with Gasteiger partial charge in [-0.3, -0.25) is 9.59 Å². The number of aryl methyl sites for hydroxylation is 3. The van der Waals surface area contributed by atoms with Crippen molar-refractivity contribution in [2.45, 2.75) is 40.5 Å². The first-order chi connectivity index (χ1) is 9.88. The van der Waals surface area contributed by atoms with E-state index in [-0.39, 0.29) is 11.7 Å². The Bertz CT molecular complexity index is 668. The van der Waals surface area contributed by atoms with Crippen molar-refractivity contribution >= 4 is 28.2 Å². The molecule has 0 saturated carbocycles. The molecule has 2 aromatic heterocycles. The molecular weight excluding hydrogens is 290 g/mol. The van der Waals surface area contributed by atoms with E-state index < -0.39 is 0 Å². The number of aromatic nitrogens is 2. The Hall–Kier alpha value is -2.02. The molecule has 0 atom stereocenters. The first kappa shape index (κ1) is 15.4. The second kappa shape index (κ2) is 6.17. The van der Waals surface area contributed by atoms with Crippen molar-refractivity contribution in [3.05, 3.63) is 27.6 Å². The Kier molecular flexibility index (Phi) is 4.52. The van der Waals surface area contributed by atoms with Crippen LogP contribution < -0.4 is 5.32 Å². The standard InChI is InChI=1S/C14H17N3O3S/c1-7-11(10(4)20-17-7)5-6-12(19)16-14-15-8(2)13(21-14)9(3)18/h5-6H2,1-4H3,(H,15,16,19). The quantitative estimate of drug-likeness (QED) is 0.858. The highest BCUT2D eigenvalue weighted by Crippen LogP contribution is 2.23. The third kappa shape index (κ3) is 3.55. The number of nitrogens with zero attached hydrogens (tertiary/aromatic N) is 2. The Balaban J connectivity index is 1.96. The van der Waals surface area contributed by atoms with Gasteiger partial charge in [0, 0.05) is 18.9 Å². The molecule has 0 spiro atoms. The van der Waals surface area contributed by atoms with E-state index in [2.05, 4.69) is 15.5 Å². The van der Waals surface area contributed by atoms with Crippen LogP contribution >= 0.6 is 11.3 Å². The number of nitrogens with one attached hydrogen (secondary N) is 1. The summed E-state index contributed by atoms with van der Waals surface area (Å²) in [4.78, 5) is 28.1. The number of thiazole rings is 1. The first-order valence-corrected chi connectivity index (χ1v) is 7.40. The van der Waals surface area contributed by atoms with Crippen LogP contribution in [0.4, 0.5) is 5.13 Å². The number of rotatable bonds is 5. The van der Waals surface area contributed by atoms with Gasteiger partial charge in [-0.05, 0) is 27.2 Å². The molecule has 0 radical (unpaired) electrons. The molecule has 1 N–H and O–H groups in total. The second-order valence-corrected chi connectivity index (χ2v) is 5.84. The lowest BCUT2D eigenvalue weighted by atomic mass is 10.1. The van der Waals surface area contributed by atoms with E-state index in [1.54, 1.807) is 6.92 Å². The number of amides is 1. The zero-order chi connectivity index (χ0) is 15.6. The summed E-state index contributed by atoms with van der Waals surface area (Å²) in [5.41, 5.74) is 2.42. The number of carbonyl (C=O) groups is 2. The van der Waals surface area contributed by atoms with Gasteiger partial charge in [-0.2, -0.15) is 0 Å². The lowest BCUT2D eigenvalue weighted by Crippen LogP contribution is -2.12. The summed E-state index contributed by atoms with van der Waals surface area (Å²) in [6.07, 6.45) is 0.883. The molecular formula is C14H17N3O3S. The molecule has 0 bridgehead atoms. The monoisotopic (exact) mass is 307 g/mol. The van der Waals surface area contributed by atoms with Gasteiger partial charge in [-0.1, -0.05) is 16.5 Å². The summed E-state index contributed by atoms with van der Waals surface area (Å²) in [6.45, 7) is 6.93. The number of hydrogen-bond acceptors (Lipinski definition) is 6. The first-order valence-electron chi connectivity index (χ1n) is 6.58. The van der Waals surface area contributed by atoms with Crippen LogP contribution in [0.25, 0.3) is 0 Å². The van der Waals surface area contributed by atoms with E-state index in [1.165, 1.54) is 18.3 Å². The maximum atomic E-state index is 11.9. The van der Waals surface area contributed by atoms with Crippen molar-refractivity contribution in [1.29, 1.82) is 0 Å². The van der Waals surface area contributed by atoms with Gasteiger partial charge in [0.05, 0.1) is 16.3 Å². The summed E-state index contributed by atoms with van der Waals surface area (Å²) in [5.74, 6) is 0.560. The highest BCUT2D eigenvalue weighted by Gasteiger charge is 2.15. The molecule has 0 aliphatic heterocycles. The van der Waals surface area contributed by atoms with Gasteiger partial charge in [0.1, 0.15) is 5.76 Å². The molecule has 0 aliphatic rings. The smallest absolute Gasteiger partial charge is 0.226 e. The topological polar surface area (TPSA) is 85.1 Å². The third-order valence-electron chi connectivity index (χ3n) is 3.15. The minimum absolute atomic E-state index is 0.0405. The summed E-state index contributed by atoms with van der Waals surface area (Å²) in [5, 5.41) is 7.04. The second-order valence-electron chi connectivity index (χ2n) is 4.84. The van der Waals surface area contributed by atoms with Crippen LogP contribution in [-0.2, 0) is 11.2 Å². The van der Waals surface area contributed by atoms with Crippen LogP contribution in [0.2, 0.25) is 0 Å². The molecule has 0 aromatic carbocycles. The minimum atomic E-state index is -0.140. The van der Waals surface area contributed by atoms with Crippen LogP contribution in [0.3, 0.4) is 0 Å². The van der Waals surface area contributed by atoms with Crippen LogP contribution in [0, 0.1) is 20.8 Å². The van der Waals surface area contributed by atoms with Gasteiger partial charge in [-0.15, -0.1) is 0 Å². The average molecular weight is 307 g/mol.